The summed E-state index contributed by atoms with van der Waals surface area (Å²) in [4.78, 5) is 34.1. The molecule has 0 saturated carbocycles. The number of rotatable bonds is 3. The molecule has 7 nitrogen and oxygen atoms in total. The molecule has 2 fully saturated rings. The van der Waals surface area contributed by atoms with Crippen molar-refractivity contribution >= 4 is 62.4 Å². The number of pyridine rings is 1. The van der Waals surface area contributed by atoms with Crippen LogP contribution in [0, 0.1) is 0 Å². The first-order chi connectivity index (χ1) is 17.6. The number of nitrogens with one attached hydrogen (secondary N) is 1. The summed E-state index contributed by atoms with van der Waals surface area (Å²) in [7, 11) is 0. The molecule has 2 saturated heterocycles. The fraction of sp³-hybridized carbons (Fsp3) is 0.240. The summed E-state index contributed by atoms with van der Waals surface area (Å²) in [6.07, 6.45) is 0.00426. The van der Waals surface area contributed by atoms with Crippen LogP contribution in [0.25, 0.3) is 15.7 Å². The number of thioether (sulfide) groups is 1. The van der Waals surface area contributed by atoms with Gasteiger partial charge in [-0.05, 0) is 24.3 Å². The molecule has 2 unspecified atom stereocenters. The number of aliphatic hydroxyl groups is 1. The molecule has 1 aromatic heterocycles. The lowest BCUT2D eigenvalue weighted by Crippen LogP contribution is -2.69. The van der Waals surface area contributed by atoms with Crippen LogP contribution in [0.5, 0.6) is 0 Å². The average Bonchev–Trinajstić information content (AvgIpc) is 3.25. The molecule has 3 aromatic rings. The molecule has 0 bridgehead atoms. The number of carbonyl (C=O) groups excluding carboxylic acids is 2. The summed E-state index contributed by atoms with van der Waals surface area (Å²) in [6, 6.07) is 11.0. The van der Waals surface area contributed by atoms with Gasteiger partial charge < -0.3 is 15.3 Å². The van der Waals surface area contributed by atoms with Crippen molar-refractivity contribution in [2.45, 2.75) is 23.1 Å². The van der Waals surface area contributed by atoms with Crippen molar-refractivity contribution in [2.75, 3.05) is 22.9 Å². The third kappa shape index (κ3) is 3.84. The highest BCUT2D eigenvalue weighted by molar-refractivity contribution is 8.09. The molecule has 12 heteroatoms. The Labute approximate surface area is 217 Å². The zero-order valence-electron chi connectivity index (χ0n) is 18.9. The fourth-order valence-electron chi connectivity index (χ4n) is 4.76. The average molecular weight is 547 g/mol. The van der Waals surface area contributed by atoms with E-state index in [0.29, 0.717) is 21.5 Å². The number of urea groups is 1. The number of imide groups is 1. The smallest absolute Gasteiger partial charge is 0.378 e. The Balaban J connectivity index is 1.31. The first-order valence-electron chi connectivity index (χ1n) is 11.3. The molecular weight excluding hydrogens is 529 g/mol. The maximum Gasteiger partial charge on any atom is 0.420 e. The van der Waals surface area contributed by atoms with E-state index in [-0.39, 0.29) is 5.69 Å². The number of aromatic nitrogens is 1. The van der Waals surface area contributed by atoms with Crippen molar-refractivity contribution in [1.82, 2.24) is 10.3 Å². The summed E-state index contributed by atoms with van der Waals surface area (Å²) in [5.74, 6) is -0.438. The van der Waals surface area contributed by atoms with Crippen molar-refractivity contribution in [3.63, 3.8) is 0 Å². The highest BCUT2D eigenvalue weighted by atomic mass is 35.5. The van der Waals surface area contributed by atoms with Crippen LogP contribution in [0.4, 0.5) is 29.3 Å². The second-order valence-corrected chi connectivity index (χ2v) is 10.7. The summed E-state index contributed by atoms with van der Waals surface area (Å²) in [5.41, 5.74) is -1.36. The number of hydrogen-bond acceptors (Lipinski definition) is 6. The van der Waals surface area contributed by atoms with E-state index >= 15 is 0 Å². The quantitative estimate of drug-likeness (QED) is 0.500. The Kier molecular flexibility index (Phi) is 5.45. The van der Waals surface area contributed by atoms with E-state index in [1.807, 2.05) is 18.2 Å². The predicted molar refractivity (Wildman–Crippen MR) is 136 cm³/mol. The number of alkyl halides is 3. The molecule has 0 radical (unpaired) electrons. The Morgan fingerprint density at radius 1 is 1.14 bits per heavy atom. The van der Waals surface area contributed by atoms with Crippen LogP contribution >= 0.6 is 23.4 Å². The predicted octanol–water partition coefficient (Wildman–Crippen LogP) is 4.58. The van der Waals surface area contributed by atoms with Crippen molar-refractivity contribution in [3.8, 4) is 0 Å². The van der Waals surface area contributed by atoms with Gasteiger partial charge in [0.2, 0.25) is 0 Å². The number of hydrogen-bond donors (Lipinski definition) is 2. The molecule has 4 heterocycles. The molecule has 0 aliphatic carbocycles. The highest BCUT2D eigenvalue weighted by Gasteiger charge is 2.61. The van der Waals surface area contributed by atoms with Crippen molar-refractivity contribution in [3.05, 3.63) is 71.5 Å². The third-order valence-corrected chi connectivity index (χ3v) is 8.46. The first-order valence-corrected chi connectivity index (χ1v) is 12.5. The molecule has 2 atom stereocenters. The second-order valence-electron chi connectivity index (χ2n) is 9.15. The van der Waals surface area contributed by atoms with E-state index in [1.165, 1.54) is 22.9 Å². The van der Waals surface area contributed by atoms with Crippen LogP contribution in [0.15, 0.2) is 60.9 Å². The maximum absolute atomic E-state index is 13.6. The fourth-order valence-corrected chi connectivity index (χ4v) is 6.35. The summed E-state index contributed by atoms with van der Waals surface area (Å²) in [5, 5.41) is 13.7. The van der Waals surface area contributed by atoms with Crippen LogP contribution in [0.1, 0.15) is 5.56 Å². The van der Waals surface area contributed by atoms with E-state index in [4.69, 9.17) is 11.6 Å². The summed E-state index contributed by atoms with van der Waals surface area (Å²) >= 11 is 7.64. The van der Waals surface area contributed by atoms with Crippen LogP contribution < -0.4 is 15.1 Å². The SMILES string of the molecule is O=C1NC2C=C(c3ccccc3Cl)SC2C(=O)N1c1cncc2ccc(N3CC(O)(C(F)(F)F)C3)cc12. The molecule has 6 rings (SSSR count). The van der Waals surface area contributed by atoms with Gasteiger partial charge in [0.1, 0.15) is 5.25 Å². The monoisotopic (exact) mass is 546 g/mol. The maximum atomic E-state index is 13.6. The normalized spacial score (nSPS) is 23.0. The van der Waals surface area contributed by atoms with Gasteiger partial charge in [-0.15, -0.1) is 11.8 Å². The Hall–Kier alpha value is -3.28. The van der Waals surface area contributed by atoms with Gasteiger partial charge in [0, 0.05) is 38.1 Å². The minimum atomic E-state index is -4.74. The van der Waals surface area contributed by atoms with Gasteiger partial charge in [-0.25, -0.2) is 9.69 Å². The number of halogens is 4. The van der Waals surface area contributed by atoms with Gasteiger partial charge >= 0.3 is 12.2 Å². The van der Waals surface area contributed by atoms with Gasteiger partial charge in [0.15, 0.2) is 5.60 Å². The molecule has 0 spiro atoms. The van der Waals surface area contributed by atoms with Crippen LogP contribution in [-0.4, -0.2) is 58.2 Å². The highest BCUT2D eigenvalue weighted by Crippen LogP contribution is 2.45. The van der Waals surface area contributed by atoms with E-state index in [9.17, 15) is 27.9 Å². The van der Waals surface area contributed by atoms with Gasteiger partial charge in [-0.2, -0.15) is 13.2 Å². The Bertz CT molecular complexity index is 1490. The largest absolute Gasteiger partial charge is 0.420 e. The van der Waals surface area contributed by atoms with E-state index in [1.54, 1.807) is 36.5 Å². The second kappa shape index (κ2) is 8.37. The van der Waals surface area contributed by atoms with Gasteiger partial charge in [0.25, 0.3) is 5.91 Å². The van der Waals surface area contributed by atoms with Crippen LogP contribution in [-0.2, 0) is 4.79 Å². The number of amides is 3. The van der Waals surface area contributed by atoms with Gasteiger partial charge in [-0.1, -0.05) is 35.9 Å². The Morgan fingerprint density at radius 2 is 1.89 bits per heavy atom. The number of anilines is 2. The lowest BCUT2D eigenvalue weighted by Gasteiger charge is -2.48. The van der Waals surface area contributed by atoms with Crippen molar-refractivity contribution in [1.29, 1.82) is 0 Å². The number of carbonyl (C=O) groups is 2. The van der Waals surface area contributed by atoms with E-state index in [2.05, 4.69) is 10.3 Å². The zero-order chi connectivity index (χ0) is 26.1. The summed E-state index contributed by atoms with van der Waals surface area (Å²) in [6.45, 7) is -1.22. The van der Waals surface area contributed by atoms with Gasteiger partial charge in [0.05, 0.1) is 31.0 Å². The molecule has 2 N–H and O–H groups in total. The lowest BCUT2D eigenvalue weighted by molar-refractivity contribution is -0.267. The first kappa shape index (κ1) is 24.1. The molecule has 3 aliphatic heterocycles. The van der Waals surface area contributed by atoms with Crippen LogP contribution in [0.2, 0.25) is 5.02 Å². The topological polar surface area (TPSA) is 85.8 Å². The molecule has 37 heavy (non-hydrogen) atoms. The summed E-state index contributed by atoms with van der Waals surface area (Å²) < 4.78 is 39.3. The van der Waals surface area contributed by atoms with E-state index < -0.39 is 48.1 Å². The molecule has 190 valence electrons. The molecule has 2 aromatic carbocycles. The lowest BCUT2D eigenvalue weighted by atomic mass is 9.92. The third-order valence-electron chi connectivity index (χ3n) is 6.77. The standard InChI is InChI=1S/C25H18ClF3N4O3S/c26-17-4-2-1-3-15(17)20-8-18-21(37-20)22(34)33(23(35)31-18)19-10-30-9-13-5-6-14(7-16(13)19)32-11-24(36,12-32)25(27,28)29/h1-10,18,21,36H,11-12H2,(H,31,35). The van der Waals surface area contributed by atoms with E-state index in [0.717, 1.165) is 15.4 Å². The number of β-amino-alcohol motifs (C(OH)–C–C–N with tert-alkyl or cyclic N) is 1. The number of benzene rings is 2. The molecular formula is C25H18ClF3N4O3S. The number of nitrogens with zero attached hydrogens (tertiary/aromatic N) is 3. The number of fused-ring (bicyclic) bond motifs is 2. The van der Waals surface area contributed by atoms with Gasteiger partial charge in [-0.3, -0.25) is 9.78 Å². The minimum absolute atomic E-state index is 0.221. The molecule has 3 aliphatic rings. The minimum Gasteiger partial charge on any atom is -0.378 e. The van der Waals surface area contributed by atoms with Crippen molar-refractivity contribution < 1.29 is 27.9 Å². The molecule has 3 amide bonds. The van der Waals surface area contributed by atoms with Crippen LogP contribution in [0.3, 0.4) is 0 Å². The zero-order valence-corrected chi connectivity index (χ0v) is 20.4. The Morgan fingerprint density at radius 3 is 2.62 bits per heavy atom. The van der Waals surface area contributed by atoms with Crippen molar-refractivity contribution in [2.24, 2.45) is 0 Å².